The van der Waals surface area contributed by atoms with E-state index >= 15 is 0 Å². The molecule has 0 amide bonds. The molecule has 14 heavy (non-hydrogen) atoms. The van der Waals surface area contributed by atoms with E-state index in [1.807, 2.05) is 13.8 Å². The fraction of sp³-hybridized carbons (Fsp3) is 0.917. The zero-order valence-electron chi connectivity index (χ0n) is 10.2. The minimum absolute atomic E-state index is 0.0246. The smallest absolute Gasteiger partial charge is 0.309 e. The Morgan fingerprint density at radius 1 is 1.21 bits per heavy atom. The second-order valence-corrected chi connectivity index (χ2v) is 4.29. The highest BCUT2D eigenvalue weighted by Gasteiger charge is 2.22. The summed E-state index contributed by atoms with van der Waals surface area (Å²) in [4.78, 5) is 11.7. The van der Waals surface area contributed by atoms with Crippen molar-refractivity contribution in [2.24, 2.45) is 11.8 Å². The highest BCUT2D eigenvalue weighted by atomic mass is 16.5. The Labute approximate surface area is 88.0 Å². The minimum atomic E-state index is -0.0246. The van der Waals surface area contributed by atoms with Gasteiger partial charge in [0.05, 0.1) is 12.0 Å². The van der Waals surface area contributed by atoms with Crippen LogP contribution in [0.15, 0.2) is 0 Å². The van der Waals surface area contributed by atoms with E-state index in [1.165, 1.54) is 0 Å². The molecule has 0 radical (unpaired) electrons. The normalized spacial score (nSPS) is 15.3. The molecule has 2 unspecified atom stereocenters. The van der Waals surface area contributed by atoms with Gasteiger partial charge in [-0.2, -0.15) is 0 Å². The van der Waals surface area contributed by atoms with Gasteiger partial charge in [-0.25, -0.2) is 0 Å². The molecule has 0 aliphatic heterocycles. The lowest BCUT2D eigenvalue weighted by molar-refractivity contribution is -0.155. The molecule has 0 aromatic rings. The highest BCUT2D eigenvalue weighted by molar-refractivity contribution is 5.72. The number of carbonyl (C=O) groups is 1. The van der Waals surface area contributed by atoms with Gasteiger partial charge >= 0.3 is 5.97 Å². The Morgan fingerprint density at radius 3 is 2.14 bits per heavy atom. The molecule has 0 fully saturated rings. The average molecular weight is 200 g/mol. The molecule has 0 saturated carbocycles. The zero-order chi connectivity index (χ0) is 11.1. The number of hydrogen-bond acceptors (Lipinski definition) is 2. The van der Waals surface area contributed by atoms with Crippen molar-refractivity contribution in [3.8, 4) is 0 Å². The minimum Gasteiger partial charge on any atom is -0.462 e. The summed E-state index contributed by atoms with van der Waals surface area (Å²) in [5, 5.41) is 0. The molecule has 0 aromatic heterocycles. The summed E-state index contributed by atoms with van der Waals surface area (Å²) in [5.41, 5.74) is 0. The molecule has 2 heteroatoms. The van der Waals surface area contributed by atoms with Crippen LogP contribution in [-0.2, 0) is 9.53 Å². The third-order valence-corrected chi connectivity index (χ3v) is 2.56. The first kappa shape index (κ1) is 13.5. The van der Waals surface area contributed by atoms with Gasteiger partial charge in [0.15, 0.2) is 0 Å². The maximum absolute atomic E-state index is 11.7. The molecule has 0 aliphatic rings. The molecule has 2 nitrogen and oxygen atoms in total. The van der Waals surface area contributed by atoms with Crippen LogP contribution in [0.3, 0.4) is 0 Å². The first-order valence-corrected chi connectivity index (χ1v) is 5.73. The quantitative estimate of drug-likeness (QED) is 0.614. The van der Waals surface area contributed by atoms with Crippen LogP contribution >= 0.6 is 0 Å². The first-order valence-electron chi connectivity index (χ1n) is 5.73. The lowest BCUT2D eigenvalue weighted by atomic mass is 9.93. The number of rotatable bonds is 6. The Balaban J connectivity index is 4.04. The van der Waals surface area contributed by atoms with Crippen LogP contribution in [0, 0.1) is 11.8 Å². The third kappa shape index (κ3) is 4.64. The van der Waals surface area contributed by atoms with Crippen LogP contribution in [-0.4, -0.2) is 12.1 Å². The largest absolute Gasteiger partial charge is 0.462 e. The maximum atomic E-state index is 11.7. The summed E-state index contributed by atoms with van der Waals surface area (Å²) in [5.74, 6) is 0.416. The van der Waals surface area contributed by atoms with Crippen LogP contribution < -0.4 is 0 Å². The molecule has 0 spiro atoms. The number of ether oxygens (including phenoxy) is 1. The maximum Gasteiger partial charge on any atom is 0.309 e. The fourth-order valence-electron chi connectivity index (χ4n) is 1.66. The SMILES string of the molecule is CCCC(C)OC(=O)C(CC)C(C)C. The molecule has 0 bridgehead atoms. The van der Waals surface area contributed by atoms with Gasteiger partial charge in [0.25, 0.3) is 0 Å². The van der Waals surface area contributed by atoms with E-state index in [2.05, 4.69) is 20.8 Å². The van der Waals surface area contributed by atoms with Crippen molar-refractivity contribution < 1.29 is 9.53 Å². The number of hydrogen-bond donors (Lipinski definition) is 0. The zero-order valence-corrected chi connectivity index (χ0v) is 10.2. The predicted octanol–water partition coefficient (Wildman–Crippen LogP) is 3.40. The van der Waals surface area contributed by atoms with Crippen LogP contribution in [0.4, 0.5) is 0 Å². The number of esters is 1. The summed E-state index contributed by atoms with van der Waals surface area (Å²) < 4.78 is 5.37. The van der Waals surface area contributed by atoms with E-state index in [9.17, 15) is 4.79 Å². The van der Waals surface area contributed by atoms with E-state index < -0.39 is 0 Å². The lowest BCUT2D eigenvalue weighted by Crippen LogP contribution is -2.25. The average Bonchev–Trinajstić information content (AvgIpc) is 2.04. The van der Waals surface area contributed by atoms with Crippen molar-refractivity contribution in [2.45, 2.75) is 60.0 Å². The van der Waals surface area contributed by atoms with Crippen molar-refractivity contribution in [3.63, 3.8) is 0 Å². The van der Waals surface area contributed by atoms with Crippen molar-refractivity contribution in [1.29, 1.82) is 0 Å². The molecule has 0 N–H and O–H groups in total. The molecule has 0 saturated heterocycles. The summed E-state index contributed by atoms with van der Waals surface area (Å²) in [7, 11) is 0. The van der Waals surface area contributed by atoms with Crippen LogP contribution in [0.1, 0.15) is 53.9 Å². The summed E-state index contributed by atoms with van der Waals surface area (Å²) in [6.07, 6.45) is 2.96. The molecule has 2 atom stereocenters. The molecule has 0 heterocycles. The summed E-state index contributed by atoms with van der Waals surface area (Å²) in [6.45, 7) is 10.2. The Bertz CT molecular complexity index is 164. The van der Waals surface area contributed by atoms with Crippen LogP contribution in [0.25, 0.3) is 0 Å². The van der Waals surface area contributed by atoms with Crippen LogP contribution in [0.2, 0.25) is 0 Å². The van der Waals surface area contributed by atoms with Gasteiger partial charge in [-0.1, -0.05) is 34.1 Å². The molecule has 0 aromatic carbocycles. The van der Waals surface area contributed by atoms with Gasteiger partial charge in [0.1, 0.15) is 0 Å². The Kier molecular flexibility index (Phi) is 6.60. The van der Waals surface area contributed by atoms with E-state index in [-0.39, 0.29) is 18.0 Å². The van der Waals surface area contributed by atoms with Gasteiger partial charge in [0.2, 0.25) is 0 Å². The van der Waals surface area contributed by atoms with E-state index in [0.717, 1.165) is 19.3 Å². The Hall–Kier alpha value is -0.530. The molecule has 84 valence electrons. The molecular weight excluding hydrogens is 176 g/mol. The molecular formula is C12H24O2. The van der Waals surface area contributed by atoms with Gasteiger partial charge in [-0.15, -0.1) is 0 Å². The fourth-order valence-corrected chi connectivity index (χ4v) is 1.66. The predicted molar refractivity (Wildman–Crippen MR) is 59.1 cm³/mol. The van der Waals surface area contributed by atoms with Gasteiger partial charge in [-0.3, -0.25) is 4.79 Å². The number of carbonyl (C=O) groups excluding carboxylic acids is 1. The molecule has 0 rings (SSSR count). The second-order valence-electron chi connectivity index (χ2n) is 4.29. The topological polar surface area (TPSA) is 26.3 Å². The summed E-state index contributed by atoms with van der Waals surface area (Å²) >= 11 is 0. The van der Waals surface area contributed by atoms with Crippen LogP contribution in [0.5, 0.6) is 0 Å². The van der Waals surface area contributed by atoms with Crippen molar-refractivity contribution >= 4 is 5.97 Å². The van der Waals surface area contributed by atoms with Gasteiger partial charge < -0.3 is 4.74 Å². The van der Waals surface area contributed by atoms with Crippen molar-refractivity contribution in [3.05, 3.63) is 0 Å². The standard InChI is InChI=1S/C12H24O2/c1-6-8-10(5)14-12(13)11(7-2)9(3)4/h9-11H,6-8H2,1-5H3. The monoisotopic (exact) mass is 200 g/mol. The Morgan fingerprint density at radius 2 is 1.79 bits per heavy atom. The van der Waals surface area contributed by atoms with E-state index in [1.54, 1.807) is 0 Å². The third-order valence-electron chi connectivity index (χ3n) is 2.56. The van der Waals surface area contributed by atoms with Crippen molar-refractivity contribution in [2.75, 3.05) is 0 Å². The van der Waals surface area contributed by atoms with E-state index in [0.29, 0.717) is 5.92 Å². The summed E-state index contributed by atoms with van der Waals surface area (Å²) in [6, 6.07) is 0. The van der Waals surface area contributed by atoms with E-state index in [4.69, 9.17) is 4.74 Å². The highest BCUT2D eigenvalue weighted by Crippen LogP contribution is 2.18. The van der Waals surface area contributed by atoms with Gasteiger partial charge in [0, 0.05) is 0 Å². The second kappa shape index (κ2) is 6.86. The van der Waals surface area contributed by atoms with Crippen molar-refractivity contribution in [1.82, 2.24) is 0 Å². The van der Waals surface area contributed by atoms with Gasteiger partial charge in [-0.05, 0) is 25.7 Å². The lowest BCUT2D eigenvalue weighted by Gasteiger charge is -2.20. The molecule has 0 aliphatic carbocycles. The first-order chi connectivity index (χ1) is 6.52.